The number of benzene rings is 2. The quantitative estimate of drug-likeness (QED) is 0.436. The molecule has 0 aliphatic rings. The summed E-state index contributed by atoms with van der Waals surface area (Å²) < 4.78 is 8.15. The molecule has 0 aliphatic carbocycles. The molecule has 0 atom stereocenters. The van der Waals surface area contributed by atoms with E-state index in [4.69, 9.17) is 4.63 Å². The van der Waals surface area contributed by atoms with Crippen LogP contribution in [0.25, 0.3) is 17.0 Å². The second-order valence-corrected chi connectivity index (χ2v) is 7.39. The number of anilines is 4. The fourth-order valence-electron chi connectivity index (χ4n) is 3.50. The third kappa shape index (κ3) is 3.37. The first-order chi connectivity index (χ1) is 15.5. The van der Waals surface area contributed by atoms with Gasteiger partial charge in [0, 0.05) is 12.7 Å². The van der Waals surface area contributed by atoms with Gasteiger partial charge in [0.25, 0.3) is 5.56 Å². The topological polar surface area (TPSA) is 116 Å². The van der Waals surface area contributed by atoms with E-state index in [0.29, 0.717) is 17.3 Å². The summed E-state index contributed by atoms with van der Waals surface area (Å²) in [6, 6.07) is 17.3. The van der Waals surface area contributed by atoms with E-state index in [1.54, 1.807) is 9.36 Å². The molecule has 0 radical (unpaired) electrons. The number of rotatable bonds is 5. The van der Waals surface area contributed by atoms with E-state index in [0.717, 1.165) is 22.6 Å². The third-order valence-corrected chi connectivity index (χ3v) is 5.19. The maximum atomic E-state index is 13.3. The number of nitrogens with one attached hydrogen (secondary N) is 2. The Morgan fingerprint density at radius 2 is 1.56 bits per heavy atom. The Hall–Kier alpha value is -4.47. The van der Waals surface area contributed by atoms with Gasteiger partial charge in [0.2, 0.25) is 11.3 Å². The largest absolute Gasteiger partial charge is 0.337 e. The first-order valence-electron chi connectivity index (χ1n) is 9.96. The first-order valence-corrected chi connectivity index (χ1v) is 9.96. The maximum absolute atomic E-state index is 13.3. The van der Waals surface area contributed by atoms with E-state index in [-0.39, 0.29) is 16.9 Å². The number of aryl methyl sites for hydroxylation is 1. The van der Waals surface area contributed by atoms with Crippen molar-refractivity contribution in [1.29, 1.82) is 0 Å². The summed E-state index contributed by atoms with van der Waals surface area (Å²) in [5.74, 6) is 0.730. The van der Waals surface area contributed by atoms with Crippen LogP contribution in [-0.2, 0) is 7.05 Å². The lowest BCUT2D eigenvalue weighted by atomic mass is 10.2. The van der Waals surface area contributed by atoms with E-state index in [1.165, 1.54) is 0 Å². The van der Waals surface area contributed by atoms with E-state index in [9.17, 15) is 4.79 Å². The number of para-hydroxylation sites is 1. The molecular weight excluding hydrogens is 408 g/mol. The molecule has 0 unspecified atom stereocenters. The van der Waals surface area contributed by atoms with Crippen LogP contribution in [0.5, 0.6) is 0 Å². The van der Waals surface area contributed by atoms with Crippen LogP contribution < -0.4 is 16.2 Å². The van der Waals surface area contributed by atoms with Crippen molar-refractivity contribution in [2.24, 2.45) is 7.05 Å². The predicted octanol–water partition coefficient (Wildman–Crippen LogP) is 3.61. The molecule has 0 fully saturated rings. The summed E-state index contributed by atoms with van der Waals surface area (Å²) in [5, 5.41) is 14.0. The Kier molecular flexibility index (Phi) is 4.66. The van der Waals surface area contributed by atoms with Gasteiger partial charge in [0.1, 0.15) is 5.69 Å². The third-order valence-electron chi connectivity index (χ3n) is 5.19. The highest BCUT2D eigenvalue weighted by Gasteiger charge is 2.20. The minimum atomic E-state index is -0.210. The van der Waals surface area contributed by atoms with Crippen LogP contribution in [0.4, 0.5) is 23.0 Å². The van der Waals surface area contributed by atoms with Crippen molar-refractivity contribution >= 4 is 34.3 Å². The van der Waals surface area contributed by atoms with Crippen molar-refractivity contribution in [3.8, 4) is 5.69 Å². The highest BCUT2D eigenvalue weighted by atomic mass is 16.6. The fraction of sp³-hybridized carbons (Fsp3) is 0.136. The van der Waals surface area contributed by atoms with Crippen molar-refractivity contribution in [3.63, 3.8) is 0 Å². The van der Waals surface area contributed by atoms with Gasteiger partial charge in [-0.2, -0.15) is 0 Å². The van der Waals surface area contributed by atoms with E-state index >= 15 is 0 Å². The van der Waals surface area contributed by atoms with Gasteiger partial charge in [-0.25, -0.2) is 19.3 Å². The van der Waals surface area contributed by atoms with E-state index < -0.39 is 0 Å². The highest BCUT2D eigenvalue weighted by molar-refractivity contribution is 5.79. The smallest absolute Gasteiger partial charge is 0.295 e. The second-order valence-electron chi connectivity index (χ2n) is 7.39. The second kappa shape index (κ2) is 7.65. The van der Waals surface area contributed by atoms with Crippen LogP contribution in [0, 0.1) is 13.8 Å². The summed E-state index contributed by atoms with van der Waals surface area (Å²) in [7, 11) is 1.83. The van der Waals surface area contributed by atoms with Crippen LogP contribution in [0.2, 0.25) is 0 Å². The van der Waals surface area contributed by atoms with E-state index in [1.807, 2.05) is 75.5 Å². The lowest BCUT2D eigenvalue weighted by Gasteiger charge is -2.11. The zero-order chi connectivity index (χ0) is 22.2. The maximum Gasteiger partial charge on any atom is 0.295 e. The molecule has 10 heteroatoms. The lowest BCUT2D eigenvalue weighted by Crippen LogP contribution is -2.20. The van der Waals surface area contributed by atoms with Crippen molar-refractivity contribution < 1.29 is 4.63 Å². The van der Waals surface area contributed by atoms with Gasteiger partial charge >= 0.3 is 0 Å². The van der Waals surface area contributed by atoms with Gasteiger partial charge in [0.15, 0.2) is 11.6 Å². The standard InChI is InChI=1S/C22H20N8O2/c1-13-8-7-9-15(12-13)23-18-19(26-21-20(25-18)27-32-28-21)24-17-14(2)29(3)30(22(17)31)16-10-5-4-6-11-16/h4-12H,1-3H3,(H,23,25,27)(H,24,26,28). The van der Waals surface area contributed by atoms with Gasteiger partial charge in [-0.3, -0.25) is 9.48 Å². The van der Waals surface area contributed by atoms with E-state index in [2.05, 4.69) is 30.9 Å². The minimum absolute atomic E-state index is 0.210. The molecule has 5 aromatic rings. The molecule has 10 nitrogen and oxygen atoms in total. The van der Waals surface area contributed by atoms with Gasteiger partial charge in [0.05, 0.1) is 11.4 Å². The molecule has 0 bridgehead atoms. The van der Waals surface area contributed by atoms with Crippen LogP contribution in [0.3, 0.4) is 0 Å². The zero-order valence-electron chi connectivity index (χ0n) is 17.7. The molecule has 0 saturated heterocycles. The molecule has 2 aromatic carbocycles. The van der Waals surface area contributed by atoms with Gasteiger partial charge in [-0.05, 0) is 54.0 Å². The Balaban J connectivity index is 1.61. The lowest BCUT2D eigenvalue weighted by molar-refractivity contribution is 0.314. The Morgan fingerprint density at radius 3 is 2.25 bits per heavy atom. The number of aromatic nitrogens is 6. The molecule has 0 spiro atoms. The minimum Gasteiger partial charge on any atom is -0.337 e. The monoisotopic (exact) mass is 428 g/mol. The Bertz CT molecular complexity index is 1480. The molecule has 3 aromatic heterocycles. The molecular formula is C22H20N8O2. The van der Waals surface area contributed by atoms with Crippen LogP contribution in [-0.4, -0.2) is 29.6 Å². The Labute approximate surface area is 182 Å². The SMILES string of the molecule is Cc1cccc(Nc2nc3nonc3nc2Nc2c(C)n(C)n(-c3ccccc3)c2=O)c1. The molecule has 2 N–H and O–H groups in total. The summed E-state index contributed by atoms with van der Waals surface area (Å²) in [4.78, 5) is 22.3. The van der Waals surface area contributed by atoms with Crippen LogP contribution in [0.15, 0.2) is 64.0 Å². The fourth-order valence-corrected chi connectivity index (χ4v) is 3.50. The highest BCUT2D eigenvalue weighted by Crippen LogP contribution is 2.27. The van der Waals surface area contributed by atoms with Crippen molar-refractivity contribution in [2.75, 3.05) is 10.6 Å². The summed E-state index contributed by atoms with van der Waals surface area (Å²) in [6.07, 6.45) is 0. The average Bonchev–Trinajstić information content (AvgIpc) is 3.32. The molecule has 32 heavy (non-hydrogen) atoms. The number of nitrogens with zero attached hydrogens (tertiary/aromatic N) is 6. The molecule has 3 heterocycles. The van der Waals surface area contributed by atoms with Crippen molar-refractivity contribution in [2.45, 2.75) is 13.8 Å². The van der Waals surface area contributed by atoms with Crippen LogP contribution >= 0.6 is 0 Å². The molecule has 0 amide bonds. The normalized spacial score (nSPS) is 11.1. The van der Waals surface area contributed by atoms with Crippen molar-refractivity contribution in [1.82, 2.24) is 29.6 Å². The van der Waals surface area contributed by atoms with Gasteiger partial charge < -0.3 is 10.6 Å². The average molecular weight is 428 g/mol. The van der Waals surface area contributed by atoms with Crippen LogP contribution in [0.1, 0.15) is 11.3 Å². The number of hydrogen-bond donors (Lipinski definition) is 2. The summed E-state index contributed by atoms with van der Waals surface area (Å²) >= 11 is 0. The van der Waals surface area contributed by atoms with Gasteiger partial charge in [-0.1, -0.05) is 30.3 Å². The summed E-state index contributed by atoms with van der Waals surface area (Å²) in [6.45, 7) is 3.86. The summed E-state index contributed by atoms with van der Waals surface area (Å²) in [5.41, 5.74) is 4.08. The molecule has 160 valence electrons. The predicted molar refractivity (Wildman–Crippen MR) is 121 cm³/mol. The molecule has 5 rings (SSSR count). The molecule has 0 aliphatic heterocycles. The number of fused-ring (bicyclic) bond motifs is 1. The van der Waals surface area contributed by atoms with Crippen molar-refractivity contribution in [3.05, 3.63) is 76.2 Å². The molecule has 0 saturated carbocycles. The van der Waals surface area contributed by atoms with Gasteiger partial charge in [-0.15, -0.1) is 0 Å². The first kappa shape index (κ1) is 19.5. The zero-order valence-corrected chi connectivity index (χ0v) is 17.7. The number of hydrogen-bond acceptors (Lipinski definition) is 8. The Morgan fingerprint density at radius 1 is 0.875 bits per heavy atom.